The highest BCUT2D eigenvalue weighted by atomic mass is 35.5. The first-order valence-corrected chi connectivity index (χ1v) is 20.0. The van der Waals surface area contributed by atoms with Crippen molar-refractivity contribution in [2.45, 2.75) is 69.6 Å². The number of carbonyl (C=O) groups excluding carboxylic acids is 5. The van der Waals surface area contributed by atoms with Crippen LogP contribution in [0.1, 0.15) is 76.8 Å². The van der Waals surface area contributed by atoms with E-state index in [-0.39, 0.29) is 37.3 Å². The molecule has 1 aromatic heterocycles. The van der Waals surface area contributed by atoms with Crippen molar-refractivity contribution in [3.63, 3.8) is 0 Å². The number of anilines is 2. The monoisotopic (exact) mass is 793 g/mol. The number of rotatable bonds is 9. The van der Waals surface area contributed by atoms with Crippen molar-refractivity contribution in [2.75, 3.05) is 55.6 Å². The van der Waals surface area contributed by atoms with Gasteiger partial charge < -0.3 is 19.9 Å². The van der Waals surface area contributed by atoms with Crippen LogP contribution in [-0.4, -0.2) is 113 Å². The molecule has 8 rings (SSSR count). The summed E-state index contributed by atoms with van der Waals surface area (Å²) in [6, 6.07) is 11.8. The van der Waals surface area contributed by atoms with E-state index in [1.54, 1.807) is 36.7 Å². The van der Waals surface area contributed by atoms with Crippen LogP contribution in [0.4, 0.5) is 11.6 Å². The molecule has 3 aromatic rings. The second kappa shape index (κ2) is 16.5. The fourth-order valence-electron chi connectivity index (χ4n) is 8.63. The van der Waals surface area contributed by atoms with Gasteiger partial charge in [-0.1, -0.05) is 11.6 Å². The van der Waals surface area contributed by atoms with Gasteiger partial charge in [-0.2, -0.15) is 5.26 Å². The Labute approximate surface area is 335 Å². The maximum Gasteiger partial charge on any atom is 0.261 e. The van der Waals surface area contributed by atoms with Crippen LogP contribution in [0.2, 0.25) is 5.02 Å². The lowest BCUT2D eigenvalue weighted by Gasteiger charge is -2.38. The molecule has 1 saturated carbocycles. The molecule has 4 aliphatic heterocycles. The molecule has 16 heteroatoms. The number of carbonyl (C=O) groups is 5. The van der Waals surface area contributed by atoms with E-state index in [2.05, 4.69) is 41.4 Å². The van der Waals surface area contributed by atoms with E-state index in [4.69, 9.17) is 21.6 Å². The zero-order valence-electron chi connectivity index (χ0n) is 31.5. The topological polar surface area (TPSA) is 181 Å². The van der Waals surface area contributed by atoms with Gasteiger partial charge in [0.05, 0.1) is 28.7 Å². The summed E-state index contributed by atoms with van der Waals surface area (Å²) in [4.78, 5) is 80.5. The molecule has 15 nitrogen and oxygen atoms in total. The molecule has 57 heavy (non-hydrogen) atoms. The lowest BCUT2D eigenvalue weighted by Crippen LogP contribution is -2.58. The lowest BCUT2D eigenvalue weighted by atomic mass is 9.92. The van der Waals surface area contributed by atoms with Crippen LogP contribution in [0.3, 0.4) is 0 Å². The van der Waals surface area contributed by atoms with E-state index in [9.17, 15) is 24.0 Å². The summed E-state index contributed by atoms with van der Waals surface area (Å²) >= 11 is 6.15. The van der Waals surface area contributed by atoms with Gasteiger partial charge in [-0.3, -0.25) is 39.1 Å². The Kier molecular flexibility index (Phi) is 11.1. The zero-order valence-corrected chi connectivity index (χ0v) is 32.2. The highest BCUT2D eigenvalue weighted by molar-refractivity contribution is 6.31. The first-order valence-electron chi connectivity index (χ1n) is 19.7. The molecule has 5 amide bonds. The van der Waals surface area contributed by atoms with Crippen molar-refractivity contribution in [1.29, 1.82) is 5.26 Å². The number of amides is 5. The van der Waals surface area contributed by atoms with Gasteiger partial charge in [-0.05, 0) is 80.3 Å². The lowest BCUT2D eigenvalue weighted by molar-refractivity contribution is -0.143. The Morgan fingerprint density at radius 3 is 2.42 bits per heavy atom. The predicted octanol–water partition coefficient (Wildman–Crippen LogP) is 3.10. The molecule has 2 N–H and O–H groups in total. The van der Waals surface area contributed by atoms with Gasteiger partial charge in [-0.25, -0.2) is 9.97 Å². The van der Waals surface area contributed by atoms with E-state index >= 15 is 0 Å². The maximum absolute atomic E-state index is 13.3. The zero-order chi connectivity index (χ0) is 39.6. The fraction of sp³-hybridized carbons (Fsp3) is 0.463. The number of halogens is 1. The van der Waals surface area contributed by atoms with E-state index < -0.39 is 29.7 Å². The minimum absolute atomic E-state index is 0.0198. The Morgan fingerprint density at radius 1 is 0.930 bits per heavy atom. The number of nitriles is 1. The van der Waals surface area contributed by atoms with Gasteiger partial charge in [0, 0.05) is 88.0 Å². The summed E-state index contributed by atoms with van der Waals surface area (Å²) in [6.07, 6.45) is 7.68. The number of fused-ring (bicyclic) bond motifs is 1. The average Bonchev–Trinajstić information content (AvgIpc) is 3.68. The highest BCUT2D eigenvalue weighted by Crippen LogP contribution is 2.30. The van der Waals surface area contributed by atoms with Crippen molar-refractivity contribution in [3.8, 4) is 11.8 Å². The number of hydrogen-bond acceptors (Lipinski definition) is 12. The molecule has 2 atom stereocenters. The van der Waals surface area contributed by atoms with E-state index in [1.807, 2.05) is 12.1 Å². The van der Waals surface area contributed by atoms with Crippen molar-refractivity contribution in [3.05, 3.63) is 76.1 Å². The summed E-state index contributed by atoms with van der Waals surface area (Å²) in [5.74, 6) is -0.365. The molecule has 4 fully saturated rings. The molecule has 1 unspecified atom stereocenters. The molecule has 5 heterocycles. The minimum atomic E-state index is -0.962. The van der Waals surface area contributed by atoms with Crippen LogP contribution in [0.5, 0.6) is 5.75 Å². The Bertz CT molecular complexity index is 2110. The van der Waals surface area contributed by atoms with E-state index in [1.165, 1.54) is 0 Å². The highest BCUT2D eigenvalue weighted by Gasteiger charge is 2.42. The quantitative estimate of drug-likeness (QED) is 0.303. The van der Waals surface area contributed by atoms with Crippen LogP contribution < -0.4 is 25.2 Å². The Morgan fingerprint density at radius 2 is 1.70 bits per heavy atom. The van der Waals surface area contributed by atoms with Crippen molar-refractivity contribution in [2.24, 2.45) is 5.92 Å². The number of nitrogens with zero attached hydrogens (tertiary/aromatic N) is 7. The molecular formula is C41H44ClN9O6. The van der Waals surface area contributed by atoms with Crippen molar-refractivity contribution >= 4 is 52.8 Å². The molecule has 0 bridgehead atoms. The van der Waals surface area contributed by atoms with Crippen molar-refractivity contribution < 1.29 is 28.7 Å². The Balaban J connectivity index is 0.767. The molecular weight excluding hydrogens is 750 g/mol. The summed E-state index contributed by atoms with van der Waals surface area (Å²) < 4.78 is 6.08. The summed E-state index contributed by atoms with van der Waals surface area (Å²) in [5, 5.41) is 14.8. The number of aromatic nitrogens is 2. The SMILES string of the molecule is N#Cc1ccc(O[C@H]2CC[C@H](NC(=O)c3cnc(N4CC[C@@H](CN5CCN(c6ccc7c(c6)CC(=O)N(C6CCC(=O)NC6=O)C7=O)CC5)C4)nc3)CC2)cc1Cl. The second-order valence-electron chi connectivity index (χ2n) is 15.5. The van der Waals surface area contributed by atoms with Gasteiger partial charge in [0.25, 0.3) is 11.8 Å². The minimum Gasteiger partial charge on any atom is -0.490 e. The third-order valence-corrected chi connectivity index (χ3v) is 12.1. The first-order chi connectivity index (χ1) is 27.6. The van der Waals surface area contributed by atoms with E-state index in [0.29, 0.717) is 44.9 Å². The van der Waals surface area contributed by atoms with E-state index in [0.717, 1.165) is 88.5 Å². The van der Waals surface area contributed by atoms with Gasteiger partial charge >= 0.3 is 0 Å². The number of piperidine rings is 1. The first kappa shape index (κ1) is 38.3. The van der Waals surface area contributed by atoms with Crippen LogP contribution in [0.25, 0.3) is 0 Å². The number of piperazine rings is 1. The molecule has 1 aliphatic carbocycles. The van der Waals surface area contributed by atoms with Gasteiger partial charge in [0.1, 0.15) is 17.9 Å². The summed E-state index contributed by atoms with van der Waals surface area (Å²) in [6.45, 7) is 6.05. The largest absolute Gasteiger partial charge is 0.490 e. The van der Waals surface area contributed by atoms with Crippen LogP contribution in [0.15, 0.2) is 48.8 Å². The number of hydrogen-bond donors (Lipinski definition) is 2. The summed E-state index contributed by atoms with van der Waals surface area (Å²) in [7, 11) is 0. The third kappa shape index (κ3) is 8.43. The third-order valence-electron chi connectivity index (χ3n) is 11.8. The van der Waals surface area contributed by atoms with Crippen LogP contribution >= 0.6 is 11.6 Å². The van der Waals surface area contributed by atoms with Gasteiger partial charge in [0.15, 0.2) is 0 Å². The smallest absolute Gasteiger partial charge is 0.261 e. The molecule has 0 radical (unpaired) electrons. The molecule has 0 spiro atoms. The number of benzene rings is 2. The standard InChI is InChI=1S/C41H44ClN9O6/c42-34-19-32(5-1-26(34)20-43)57-31-6-2-29(3-7-31)46-38(54)28-21-44-41(45-22-28)50-12-11-25(24-50)23-48-13-15-49(16-14-48)30-4-8-33-27(17-30)18-37(53)51(40(33)56)35-9-10-36(52)47-39(35)55/h1,4-5,8,17,19,21-22,25,29,31,35H,2-3,6-7,9-16,18,23-24H2,(H,46,54)(H,47,52,55)/t25-,29-,31-,35?/m0/s1. The number of imide groups is 2. The molecule has 3 saturated heterocycles. The maximum atomic E-state index is 13.3. The van der Waals surface area contributed by atoms with Crippen LogP contribution in [-0.2, 0) is 20.8 Å². The molecule has 296 valence electrons. The predicted molar refractivity (Wildman–Crippen MR) is 209 cm³/mol. The van der Waals surface area contributed by atoms with Crippen LogP contribution in [0, 0.1) is 17.2 Å². The average molecular weight is 794 g/mol. The Hall–Kier alpha value is -5.59. The number of ether oxygens (including phenoxy) is 1. The molecule has 5 aliphatic rings. The second-order valence-corrected chi connectivity index (χ2v) is 15.9. The van der Waals surface area contributed by atoms with Gasteiger partial charge in [-0.15, -0.1) is 0 Å². The number of nitrogens with one attached hydrogen (secondary N) is 2. The normalized spacial score (nSPS) is 24.2. The van der Waals surface area contributed by atoms with Gasteiger partial charge in [0.2, 0.25) is 23.7 Å². The van der Waals surface area contributed by atoms with Crippen molar-refractivity contribution in [1.82, 2.24) is 30.4 Å². The summed E-state index contributed by atoms with van der Waals surface area (Å²) in [5.41, 5.74) is 2.90. The molecule has 2 aromatic carbocycles. The fourth-order valence-corrected chi connectivity index (χ4v) is 8.84.